The van der Waals surface area contributed by atoms with E-state index in [1.54, 1.807) is 24.0 Å². The maximum Gasteiger partial charge on any atom is 0.338 e. The number of hydrogen-bond acceptors (Lipinski definition) is 16. The molecular weight excluding hydrogens is 710 g/mol. The highest BCUT2D eigenvalue weighted by atomic mass is 16.7. The number of nitrogens with zero attached hydrogens (tertiary/aromatic N) is 3. The summed E-state index contributed by atoms with van der Waals surface area (Å²) in [7, 11) is 3.72. The van der Waals surface area contributed by atoms with E-state index in [9.17, 15) is 33.9 Å². The van der Waals surface area contributed by atoms with Crippen molar-refractivity contribution in [3.63, 3.8) is 0 Å². The lowest BCUT2D eigenvalue weighted by atomic mass is 9.69. The molecule has 5 heterocycles. The van der Waals surface area contributed by atoms with Crippen molar-refractivity contribution >= 4 is 46.7 Å². The van der Waals surface area contributed by atoms with Gasteiger partial charge in [0.1, 0.15) is 25.1 Å². The van der Waals surface area contributed by atoms with Gasteiger partial charge < -0.3 is 48.1 Å². The molecule has 9 atom stereocenters. The van der Waals surface area contributed by atoms with Gasteiger partial charge in [-0.1, -0.05) is 6.92 Å². The number of rotatable bonds is 10. The molecule has 0 spiro atoms. The van der Waals surface area contributed by atoms with Crippen molar-refractivity contribution in [1.29, 1.82) is 0 Å². The number of carbonyl (C=O) groups excluding carboxylic acids is 6. The maximum absolute atomic E-state index is 13.8. The summed E-state index contributed by atoms with van der Waals surface area (Å²) in [4.78, 5) is 83.9. The molecule has 4 aliphatic rings. The summed E-state index contributed by atoms with van der Waals surface area (Å²) >= 11 is 0. The van der Waals surface area contributed by atoms with Crippen LogP contribution in [0.15, 0.2) is 18.2 Å². The highest BCUT2D eigenvalue weighted by Gasteiger charge is 2.59. The van der Waals surface area contributed by atoms with Gasteiger partial charge in [-0.3, -0.25) is 29.0 Å². The Kier molecular flexibility index (Phi) is 10.9. The fourth-order valence-corrected chi connectivity index (χ4v) is 8.02. The second kappa shape index (κ2) is 15.1. The summed E-state index contributed by atoms with van der Waals surface area (Å²) in [6, 6.07) is 4.88. The Hall–Kier alpha value is -4.87. The molecule has 0 saturated carbocycles. The van der Waals surface area contributed by atoms with E-state index in [-0.39, 0.29) is 25.5 Å². The van der Waals surface area contributed by atoms with Gasteiger partial charge in [0.05, 0.1) is 23.2 Å². The molecule has 0 aliphatic carbocycles. The lowest BCUT2D eigenvalue weighted by Gasteiger charge is -2.48. The van der Waals surface area contributed by atoms with Crippen LogP contribution in [0.1, 0.15) is 70.3 Å². The zero-order valence-corrected chi connectivity index (χ0v) is 31.2. The predicted molar refractivity (Wildman–Crippen MR) is 183 cm³/mol. The fraction of sp³-hybridized carbons (Fsp3) is 0.595. The Morgan fingerprint density at radius 1 is 0.981 bits per heavy atom. The summed E-state index contributed by atoms with van der Waals surface area (Å²) in [5, 5.41) is 12.0. The number of fused-ring (bicyclic) bond motifs is 5. The lowest BCUT2D eigenvalue weighted by molar-refractivity contribution is -0.288. The molecule has 1 aromatic carbocycles. The van der Waals surface area contributed by atoms with Crippen LogP contribution in [-0.2, 0) is 70.3 Å². The number of cyclic esters (lactones) is 1. The van der Waals surface area contributed by atoms with E-state index in [1.807, 2.05) is 25.1 Å². The van der Waals surface area contributed by atoms with E-state index < -0.39 is 90.6 Å². The number of esters is 5. The molecule has 292 valence electrons. The van der Waals surface area contributed by atoms with Crippen molar-refractivity contribution in [2.75, 3.05) is 27.3 Å². The molecule has 1 N–H and O–H groups in total. The number of piperidine rings is 1. The average molecular weight is 756 g/mol. The zero-order chi connectivity index (χ0) is 39.2. The van der Waals surface area contributed by atoms with Crippen molar-refractivity contribution in [3.8, 4) is 5.75 Å². The molecule has 3 fully saturated rings. The van der Waals surface area contributed by atoms with Gasteiger partial charge in [0.25, 0.3) is 0 Å². The Labute approximate surface area is 311 Å². The molecular formula is C37H45N3O14. The number of pyridine rings is 1. The van der Waals surface area contributed by atoms with Crippen LogP contribution in [0.5, 0.6) is 5.75 Å². The molecule has 54 heavy (non-hydrogen) atoms. The van der Waals surface area contributed by atoms with Gasteiger partial charge in [0.15, 0.2) is 17.8 Å². The van der Waals surface area contributed by atoms with E-state index in [0.29, 0.717) is 40.9 Å². The van der Waals surface area contributed by atoms with Gasteiger partial charge in [-0.05, 0) is 50.7 Å². The standard InChI is InChI=1S/C37H45N3O14/c1-8-37(47)25-12-27-30-21(13-40(27)34(45)24(25)15-49-36(37)46)11-22-23(14-39(6)7)28(10-9-26(22)38-30)53-35-33(52-20(5)44)32(51-19(4)43)31(50-18(3)42)29(54-35)16-48-17(2)41/h9-11,24-25,27,29,31-33,35,47H,8,12-16H2,1-7H3/t24?,25?,27?,29-,31+,32+,33-,35-,37+/m1/s1. The molecule has 0 bridgehead atoms. The minimum atomic E-state index is -1.77. The first-order valence-corrected chi connectivity index (χ1v) is 17.8. The Bertz CT molecular complexity index is 1870. The van der Waals surface area contributed by atoms with Gasteiger partial charge in [0, 0.05) is 57.7 Å². The van der Waals surface area contributed by atoms with Crippen molar-refractivity contribution in [2.45, 2.75) is 103 Å². The predicted octanol–water partition coefficient (Wildman–Crippen LogP) is 1.48. The van der Waals surface area contributed by atoms with Crippen LogP contribution in [0.3, 0.4) is 0 Å². The number of carbonyl (C=O) groups is 6. The van der Waals surface area contributed by atoms with E-state index in [1.165, 1.54) is 6.92 Å². The minimum absolute atomic E-state index is 0.0907. The van der Waals surface area contributed by atoms with Crippen molar-refractivity contribution in [1.82, 2.24) is 14.8 Å². The van der Waals surface area contributed by atoms with E-state index in [0.717, 1.165) is 26.3 Å². The summed E-state index contributed by atoms with van der Waals surface area (Å²) < 4.78 is 39.8. The Morgan fingerprint density at radius 3 is 2.28 bits per heavy atom. The first kappa shape index (κ1) is 38.8. The van der Waals surface area contributed by atoms with E-state index >= 15 is 0 Å². The molecule has 17 heteroatoms. The summed E-state index contributed by atoms with van der Waals surface area (Å²) in [6.07, 6.45) is -6.40. The average Bonchev–Trinajstić information content (AvgIpc) is 3.45. The third-order valence-corrected chi connectivity index (χ3v) is 10.3. The fourth-order valence-electron chi connectivity index (χ4n) is 8.02. The first-order chi connectivity index (χ1) is 25.5. The maximum atomic E-state index is 13.8. The van der Waals surface area contributed by atoms with Gasteiger partial charge in [0.2, 0.25) is 18.3 Å². The van der Waals surface area contributed by atoms with Gasteiger partial charge in [-0.2, -0.15) is 0 Å². The molecule has 1 aromatic heterocycles. The van der Waals surface area contributed by atoms with Crippen LogP contribution in [-0.4, -0.2) is 119 Å². The van der Waals surface area contributed by atoms with Crippen molar-refractivity contribution < 1.29 is 67.0 Å². The molecule has 3 unspecified atom stereocenters. The SMILES string of the molecule is CC[C@@]1(O)C(=O)OCC2C(=O)N3Cc4cc5c(CN(C)C)c(O[C@@H]6O[C@H](COC(C)=O)[C@H](OC(C)=O)[C@H](OC(C)=O)[C@H]6OC(C)=O)ccc5nc4C3CC21. The summed E-state index contributed by atoms with van der Waals surface area (Å²) in [6.45, 7) is 6.39. The Morgan fingerprint density at radius 2 is 1.65 bits per heavy atom. The van der Waals surface area contributed by atoms with Crippen molar-refractivity contribution in [2.24, 2.45) is 11.8 Å². The van der Waals surface area contributed by atoms with Crippen LogP contribution in [0, 0.1) is 11.8 Å². The van der Waals surface area contributed by atoms with Crippen LogP contribution in [0.25, 0.3) is 10.9 Å². The number of aromatic nitrogens is 1. The largest absolute Gasteiger partial charge is 0.463 e. The second-order valence-electron chi connectivity index (χ2n) is 14.4. The highest BCUT2D eigenvalue weighted by molar-refractivity contribution is 5.89. The lowest BCUT2D eigenvalue weighted by Crippen LogP contribution is -2.63. The third kappa shape index (κ3) is 7.31. The molecule has 17 nitrogen and oxygen atoms in total. The Balaban J connectivity index is 1.40. The molecule has 1 amide bonds. The number of aliphatic hydroxyl groups is 1. The number of hydrogen-bond donors (Lipinski definition) is 1. The third-order valence-electron chi connectivity index (χ3n) is 10.3. The van der Waals surface area contributed by atoms with Gasteiger partial charge in [-0.15, -0.1) is 0 Å². The zero-order valence-electron chi connectivity index (χ0n) is 31.2. The minimum Gasteiger partial charge on any atom is -0.463 e. The van der Waals surface area contributed by atoms with E-state index in [4.69, 9.17) is 38.1 Å². The van der Waals surface area contributed by atoms with Gasteiger partial charge >= 0.3 is 29.8 Å². The summed E-state index contributed by atoms with van der Waals surface area (Å²) in [5.74, 6) is -4.86. The molecule has 2 aromatic rings. The van der Waals surface area contributed by atoms with Crippen LogP contribution in [0.2, 0.25) is 0 Å². The monoisotopic (exact) mass is 755 g/mol. The van der Waals surface area contributed by atoms with Crippen LogP contribution < -0.4 is 4.74 Å². The normalized spacial score (nSPS) is 30.1. The molecule has 4 aliphatic heterocycles. The molecule has 6 rings (SSSR count). The molecule has 3 saturated heterocycles. The first-order valence-electron chi connectivity index (χ1n) is 17.8. The van der Waals surface area contributed by atoms with Crippen LogP contribution in [0.4, 0.5) is 0 Å². The molecule has 0 radical (unpaired) electrons. The summed E-state index contributed by atoms with van der Waals surface area (Å²) in [5.41, 5.74) is 0.936. The second-order valence-corrected chi connectivity index (χ2v) is 14.4. The van der Waals surface area contributed by atoms with Crippen molar-refractivity contribution in [3.05, 3.63) is 35.0 Å². The van der Waals surface area contributed by atoms with E-state index in [2.05, 4.69) is 0 Å². The number of benzene rings is 1. The number of ether oxygens (including phenoxy) is 7. The topological polar surface area (TPSA) is 207 Å². The highest BCUT2D eigenvalue weighted by Crippen LogP contribution is 2.50. The number of amides is 1. The van der Waals surface area contributed by atoms with Gasteiger partial charge in [-0.25, -0.2) is 4.79 Å². The smallest absolute Gasteiger partial charge is 0.338 e. The van der Waals surface area contributed by atoms with Crippen LogP contribution >= 0.6 is 0 Å². The quantitative estimate of drug-likeness (QED) is 0.269.